The fraction of sp³-hybridized carbons (Fsp3) is 0.462. The van der Waals surface area contributed by atoms with Crippen LogP contribution in [0, 0.1) is 0 Å². The van der Waals surface area contributed by atoms with Gasteiger partial charge >= 0.3 is 5.97 Å². The Kier molecular flexibility index (Phi) is 8.49. The van der Waals surface area contributed by atoms with Crippen LogP contribution < -0.4 is 5.32 Å². The molecule has 1 N–H and O–H groups in total. The van der Waals surface area contributed by atoms with E-state index in [1.54, 1.807) is 12.1 Å². The van der Waals surface area contributed by atoms with Crippen molar-refractivity contribution < 1.29 is 14.3 Å². The average molecular weight is 408 g/mol. The van der Waals surface area contributed by atoms with Crippen molar-refractivity contribution in [1.82, 2.24) is 5.32 Å². The molecule has 160 valence electrons. The summed E-state index contributed by atoms with van der Waals surface area (Å²) in [4.78, 5) is 26.4. The summed E-state index contributed by atoms with van der Waals surface area (Å²) in [5.41, 5.74) is 0.523. The highest BCUT2D eigenvalue weighted by atomic mass is 16.5. The lowest BCUT2D eigenvalue weighted by molar-refractivity contribution is -0.152. The van der Waals surface area contributed by atoms with Gasteiger partial charge in [-0.25, -0.2) is 4.79 Å². The molecule has 0 spiro atoms. The van der Waals surface area contributed by atoms with Crippen molar-refractivity contribution in [2.45, 2.75) is 69.7 Å². The Bertz CT molecular complexity index is 790. The van der Waals surface area contributed by atoms with Gasteiger partial charge in [-0.05, 0) is 30.5 Å². The SMILES string of the molecule is O=C(N[C@]1(Cc2ccccc2)CCCCCCCCCCOC1=O)c1ccccc1. The molecule has 1 aliphatic heterocycles. The molecule has 1 amide bonds. The summed E-state index contributed by atoms with van der Waals surface area (Å²) in [5, 5.41) is 3.10. The van der Waals surface area contributed by atoms with E-state index in [2.05, 4.69) is 5.32 Å². The normalized spacial score (nSPS) is 21.4. The summed E-state index contributed by atoms with van der Waals surface area (Å²) in [6, 6.07) is 19.0. The Balaban J connectivity index is 1.87. The van der Waals surface area contributed by atoms with Crippen LogP contribution in [0.15, 0.2) is 60.7 Å². The van der Waals surface area contributed by atoms with E-state index in [1.807, 2.05) is 48.5 Å². The lowest BCUT2D eigenvalue weighted by atomic mass is 9.84. The van der Waals surface area contributed by atoms with Gasteiger partial charge in [0.15, 0.2) is 0 Å². The molecule has 1 saturated heterocycles. The largest absolute Gasteiger partial charge is 0.464 e. The van der Waals surface area contributed by atoms with Crippen LogP contribution in [0.1, 0.15) is 73.7 Å². The molecular weight excluding hydrogens is 374 g/mol. The van der Waals surface area contributed by atoms with E-state index in [0.29, 0.717) is 25.0 Å². The van der Waals surface area contributed by atoms with Gasteiger partial charge in [-0.2, -0.15) is 0 Å². The van der Waals surface area contributed by atoms with Crippen LogP contribution in [0.3, 0.4) is 0 Å². The maximum Gasteiger partial charge on any atom is 0.332 e. The fourth-order valence-electron chi connectivity index (χ4n) is 4.14. The van der Waals surface area contributed by atoms with Gasteiger partial charge in [-0.3, -0.25) is 4.79 Å². The van der Waals surface area contributed by atoms with Crippen molar-refractivity contribution in [3.05, 3.63) is 71.8 Å². The number of cyclic esters (lactones) is 1. The highest BCUT2D eigenvalue weighted by Gasteiger charge is 2.41. The molecule has 0 bridgehead atoms. The minimum absolute atomic E-state index is 0.229. The van der Waals surface area contributed by atoms with Gasteiger partial charge < -0.3 is 10.1 Å². The number of nitrogens with one attached hydrogen (secondary N) is 1. The maximum atomic E-state index is 13.4. The molecule has 4 heteroatoms. The highest BCUT2D eigenvalue weighted by Crippen LogP contribution is 2.25. The molecule has 0 saturated carbocycles. The van der Waals surface area contributed by atoms with Gasteiger partial charge in [0.05, 0.1) is 6.61 Å². The zero-order valence-corrected chi connectivity index (χ0v) is 17.8. The number of hydrogen-bond acceptors (Lipinski definition) is 3. The fourth-order valence-corrected chi connectivity index (χ4v) is 4.14. The van der Waals surface area contributed by atoms with Gasteiger partial charge in [0.25, 0.3) is 5.91 Å². The number of amides is 1. The molecule has 0 aromatic heterocycles. The topological polar surface area (TPSA) is 55.4 Å². The summed E-state index contributed by atoms with van der Waals surface area (Å²) in [5.74, 6) is -0.539. The molecule has 1 heterocycles. The van der Waals surface area contributed by atoms with Crippen molar-refractivity contribution in [2.75, 3.05) is 6.61 Å². The monoisotopic (exact) mass is 407 g/mol. The molecule has 3 rings (SSSR count). The summed E-state index contributed by atoms with van der Waals surface area (Å²) in [7, 11) is 0. The summed E-state index contributed by atoms with van der Waals surface area (Å²) in [6.07, 6.45) is 9.76. The predicted molar refractivity (Wildman–Crippen MR) is 119 cm³/mol. The number of ether oxygens (including phenoxy) is 1. The number of carbonyl (C=O) groups is 2. The van der Waals surface area contributed by atoms with Crippen molar-refractivity contribution in [2.24, 2.45) is 0 Å². The van der Waals surface area contributed by atoms with Crippen molar-refractivity contribution >= 4 is 11.9 Å². The summed E-state index contributed by atoms with van der Waals surface area (Å²) < 4.78 is 5.73. The summed E-state index contributed by atoms with van der Waals surface area (Å²) >= 11 is 0. The third-order valence-electron chi connectivity index (χ3n) is 5.86. The van der Waals surface area contributed by atoms with E-state index in [9.17, 15) is 9.59 Å². The predicted octanol–water partition coefficient (Wildman–Crippen LogP) is 5.47. The van der Waals surface area contributed by atoms with Gasteiger partial charge in [0, 0.05) is 12.0 Å². The minimum atomic E-state index is -1.05. The Morgan fingerprint density at radius 1 is 0.800 bits per heavy atom. The highest BCUT2D eigenvalue weighted by molar-refractivity contribution is 5.98. The van der Waals surface area contributed by atoms with Gasteiger partial charge in [-0.15, -0.1) is 0 Å². The van der Waals surface area contributed by atoms with Crippen LogP contribution in [0.25, 0.3) is 0 Å². The van der Waals surface area contributed by atoms with Crippen molar-refractivity contribution in [1.29, 1.82) is 0 Å². The standard InChI is InChI=1S/C26H33NO3/c28-24(23-17-11-8-12-18-23)27-26(21-22-15-9-7-10-16-22)19-13-5-3-1-2-4-6-14-20-30-25(26)29/h7-12,15-18H,1-6,13-14,19-21H2,(H,27,28)/t26-/m0/s1. The van der Waals surface area contributed by atoms with E-state index in [-0.39, 0.29) is 11.9 Å². The first-order valence-corrected chi connectivity index (χ1v) is 11.3. The number of carbonyl (C=O) groups excluding carboxylic acids is 2. The van der Waals surface area contributed by atoms with Crippen LogP contribution in [0.4, 0.5) is 0 Å². The molecule has 4 nitrogen and oxygen atoms in total. The average Bonchev–Trinajstić information content (AvgIpc) is 2.79. The number of esters is 1. The first-order valence-electron chi connectivity index (χ1n) is 11.3. The second-order valence-electron chi connectivity index (χ2n) is 8.28. The molecule has 0 radical (unpaired) electrons. The molecule has 1 aliphatic rings. The molecule has 1 atom stereocenters. The van der Waals surface area contributed by atoms with Gasteiger partial charge in [0.1, 0.15) is 5.54 Å². The van der Waals surface area contributed by atoms with Gasteiger partial charge in [-0.1, -0.05) is 93.5 Å². The second kappa shape index (κ2) is 11.5. The Morgan fingerprint density at radius 2 is 1.37 bits per heavy atom. The van der Waals surface area contributed by atoms with E-state index in [1.165, 1.54) is 25.7 Å². The van der Waals surface area contributed by atoms with E-state index >= 15 is 0 Å². The quantitative estimate of drug-likeness (QED) is 0.684. The Labute approximate surface area is 180 Å². The first kappa shape index (κ1) is 22.1. The molecule has 30 heavy (non-hydrogen) atoms. The smallest absolute Gasteiger partial charge is 0.332 e. The summed E-state index contributed by atoms with van der Waals surface area (Å²) in [6.45, 7) is 0.413. The zero-order valence-electron chi connectivity index (χ0n) is 17.8. The number of rotatable bonds is 4. The molecule has 0 unspecified atom stereocenters. The van der Waals surface area contributed by atoms with Crippen LogP contribution in [-0.2, 0) is 16.0 Å². The lowest BCUT2D eigenvalue weighted by Gasteiger charge is -2.33. The Hall–Kier alpha value is -2.62. The van der Waals surface area contributed by atoms with E-state index in [0.717, 1.165) is 31.2 Å². The Morgan fingerprint density at radius 3 is 2.03 bits per heavy atom. The van der Waals surface area contributed by atoms with E-state index in [4.69, 9.17) is 4.74 Å². The number of hydrogen-bond donors (Lipinski definition) is 1. The number of benzene rings is 2. The molecular formula is C26H33NO3. The van der Waals surface area contributed by atoms with Crippen molar-refractivity contribution in [3.63, 3.8) is 0 Å². The molecule has 2 aromatic rings. The molecule has 1 fully saturated rings. The van der Waals surface area contributed by atoms with Crippen LogP contribution in [-0.4, -0.2) is 24.0 Å². The first-order chi connectivity index (χ1) is 14.7. The molecule has 2 aromatic carbocycles. The van der Waals surface area contributed by atoms with Crippen LogP contribution in [0.2, 0.25) is 0 Å². The van der Waals surface area contributed by atoms with Gasteiger partial charge in [0.2, 0.25) is 0 Å². The minimum Gasteiger partial charge on any atom is -0.464 e. The van der Waals surface area contributed by atoms with E-state index < -0.39 is 5.54 Å². The maximum absolute atomic E-state index is 13.4. The third kappa shape index (κ3) is 6.45. The molecule has 0 aliphatic carbocycles. The lowest BCUT2D eigenvalue weighted by Crippen LogP contribution is -2.57. The third-order valence-corrected chi connectivity index (χ3v) is 5.86. The van der Waals surface area contributed by atoms with Crippen molar-refractivity contribution in [3.8, 4) is 0 Å². The second-order valence-corrected chi connectivity index (χ2v) is 8.28. The zero-order chi connectivity index (χ0) is 21.1. The van der Waals surface area contributed by atoms with Crippen LogP contribution in [0.5, 0.6) is 0 Å². The van der Waals surface area contributed by atoms with Crippen LogP contribution >= 0.6 is 0 Å².